The van der Waals surface area contributed by atoms with Crippen LogP contribution in [0.1, 0.15) is 92.4 Å². The number of fused-ring (bicyclic) bond motifs is 5. The smallest absolute Gasteiger partial charge is 0.302 e. The Morgan fingerprint density at radius 1 is 1.23 bits per heavy atom. The molecule has 1 saturated heterocycles. The highest BCUT2D eigenvalue weighted by molar-refractivity contribution is 9.09. The van der Waals surface area contributed by atoms with Crippen LogP contribution in [-0.4, -0.2) is 34.4 Å². The second-order valence-corrected chi connectivity index (χ2v) is 14.6. The van der Waals surface area contributed by atoms with Crippen LogP contribution < -0.4 is 0 Å². The number of nitrogens with zero attached hydrogens (tertiary/aromatic N) is 2. The predicted molar refractivity (Wildman–Crippen MR) is 143 cm³/mol. The van der Waals surface area contributed by atoms with Gasteiger partial charge >= 0.3 is 5.97 Å². The van der Waals surface area contributed by atoms with Crippen LogP contribution in [0.2, 0.25) is 0 Å². The number of rotatable bonds is 3. The summed E-state index contributed by atoms with van der Waals surface area (Å²) in [7, 11) is 0. The van der Waals surface area contributed by atoms with Crippen LogP contribution in [0, 0.1) is 57.8 Å². The maximum Gasteiger partial charge on any atom is 0.302 e. The second-order valence-electron chi connectivity index (χ2n) is 13.4. The van der Waals surface area contributed by atoms with Gasteiger partial charge in [-0.25, -0.2) is 0 Å². The Balaban J connectivity index is 1.37. The van der Waals surface area contributed by atoms with Crippen molar-refractivity contribution in [1.29, 1.82) is 5.26 Å². The largest absolute Gasteiger partial charge is 0.462 e. The van der Waals surface area contributed by atoms with Crippen molar-refractivity contribution in [3.63, 3.8) is 0 Å². The molecule has 0 radical (unpaired) electrons. The standard InChI is InChI=1S/C30H45BrN2O2/c1-18-6-9-27(33(16-18)17-32)19(2)28-26(31)15-25-23-8-7-21-14-22(35-20(3)34)10-12-29(21,4)24(23)11-13-30(25,28)5/h7,18-19,22-28H,6,8-16H2,1-5H3/t18-,19+,22+,23-,24+,25-,26-,27-,28-,29-,30-/m0/s1. The average Bonchev–Trinajstić information content (AvgIpc) is 3.08. The van der Waals surface area contributed by atoms with E-state index in [0.29, 0.717) is 34.0 Å². The number of likely N-dealkylation sites (tertiary alicyclic amines) is 1. The van der Waals surface area contributed by atoms with Crippen molar-refractivity contribution in [2.24, 2.45) is 46.3 Å². The lowest BCUT2D eigenvalue weighted by molar-refractivity contribution is -0.148. The lowest BCUT2D eigenvalue weighted by atomic mass is 9.47. The first-order valence-electron chi connectivity index (χ1n) is 14.3. The highest BCUT2D eigenvalue weighted by Gasteiger charge is 2.62. The quantitative estimate of drug-likeness (QED) is 0.165. The van der Waals surface area contributed by atoms with Crippen molar-refractivity contribution < 1.29 is 9.53 Å². The zero-order valence-electron chi connectivity index (χ0n) is 22.4. The molecule has 1 aliphatic heterocycles. The van der Waals surface area contributed by atoms with Crippen molar-refractivity contribution >= 4 is 21.9 Å². The fraction of sp³-hybridized carbons (Fsp3) is 0.867. The Bertz CT molecular complexity index is 913. The van der Waals surface area contributed by atoms with Gasteiger partial charge in [-0.2, -0.15) is 5.26 Å². The van der Waals surface area contributed by atoms with Crippen molar-refractivity contribution in [3.05, 3.63) is 11.6 Å². The number of allylic oxidation sites excluding steroid dienone is 1. The minimum Gasteiger partial charge on any atom is -0.462 e. The molecule has 0 unspecified atom stereocenters. The van der Waals surface area contributed by atoms with Gasteiger partial charge in [0.05, 0.1) is 0 Å². The van der Waals surface area contributed by atoms with Crippen LogP contribution in [0.4, 0.5) is 0 Å². The summed E-state index contributed by atoms with van der Waals surface area (Å²) in [6, 6.07) is 0.390. The normalized spacial score (nSPS) is 48.0. The van der Waals surface area contributed by atoms with Gasteiger partial charge < -0.3 is 9.64 Å². The van der Waals surface area contributed by atoms with Crippen LogP contribution in [0.15, 0.2) is 11.6 Å². The molecule has 4 aliphatic carbocycles. The van der Waals surface area contributed by atoms with E-state index in [4.69, 9.17) is 4.74 Å². The molecule has 0 aromatic rings. The van der Waals surface area contributed by atoms with Gasteiger partial charge in [0, 0.05) is 30.8 Å². The van der Waals surface area contributed by atoms with Crippen molar-refractivity contribution in [3.8, 4) is 6.19 Å². The Hall–Kier alpha value is -1.02. The third-order valence-electron chi connectivity index (χ3n) is 11.6. The van der Waals surface area contributed by atoms with Crippen molar-refractivity contribution in [2.75, 3.05) is 6.54 Å². The van der Waals surface area contributed by atoms with Crippen molar-refractivity contribution in [2.45, 2.75) is 109 Å². The lowest BCUT2D eigenvalue weighted by Gasteiger charge is -2.58. The van der Waals surface area contributed by atoms with Crippen LogP contribution in [0.25, 0.3) is 0 Å². The van der Waals surface area contributed by atoms with E-state index in [2.05, 4.69) is 60.8 Å². The lowest BCUT2D eigenvalue weighted by Crippen LogP contribution is -2.53. The second kappa shape index (κ2) is 9.38. The minimum atomic E-state index is -0.141. The predicted octanol–water partition coefficient (Wildman–Crippen LogP) is 7.09. The molecule has 0 aromatic carbocycles. The Morgan fingerprint density at radius 3 is 2.71 bits per heavy atom. The Kier molecular flexibility index (Phi) is 6.86. The fourth-order valence-electron chi connectivity index (χ4n) is 9.98. The number of carbonyl (C=O) groups excluding carboxylic acids is 1. The molecular formula is C30H45BrN2O2. The third kappa shape index (κ3) is 4.18. The van der Waals surface area contributed by atoms with Crippen molar-refractivity contribution in [1.82, 2.24) is 4.90 Å². The monoisotopic (exact) mass is 544 g/mol. The van der Waals surface area contributed by atoms with E-state index in [0.717, 1.165) is 50.0 Å². The number of alkyl halides is 1. The Morgan fingerprint density at radius 2 is 2.00 bits per heavy atom. The summed E-state index contributed by atoms with van der Waals surface area (Å²) in [6.45, 7) is 12.3. The number of nitriles is 1. The van der Waals surface area contributed by atoms with Crippen LogP contribution in [-0.2, 0) is 9.53 Å². The molecule has 0 N–H and O–H groups in total. The first-order valence-corrected chi connectivity index (χ1v) is 15.2. The van der Waals surface area contributed by atoms with Gasteiger partial charge in [-0.1, -0.05) is 55.3 Å². The molecule has 35 heavy (non-hydrogen) atoms. The average molecular weight is 546 g/mol. The zero-order chi connectivity index (χ0) is 25.1. The van der Waals surface area contributed by atoms with Gasteiger partial charge in [0.15, 0.2) is 6.19 Å². The van der Waals surface area contributed by atoms with E-state index in [1.54, 1.807) is 12.5 Å². The van der Waals surface area contributed by atoms with Gasteiger partial charge in [0.2, 0.25) is 0 Å². The van der Waals surface area contributed by atoms with Gasteiger partial charge in [0.25, 0.3) is 0 Å². The summed E-state index contributed by atoms with van der Waals surface area (Å²) in [6.07, 6.45) is 15.8. The van der Waals surface area contributed by atoms with E-state index in [-0.39, 0.29) is 17.5 Å². The molecule has 0 amide bonds. The molecule has 0 bridgehead atoms. The Labute approximate surface area is 221 Å². The summed E-state index contributed by atoms with van der Waals surface area (Å²) in [4.78, 5) is 14.2. The van der Waals surface area contributed by atoms with E-state index in [1.807, 2.05) is 0 Å². The van der Waals surface area contributed by atoms with Crippen LogP contribution in [0.3, 0.4) is 0 Å². The first kappa shape index (κ1) is 25.6. The molecule has 1 heterocycles. The van der Waals surface area contributed by atoms with E-state index in [9.17, 15) is 10.1 Å². The minimum absolute atomic E-state index is 0.0714. The maximum atomic E-state index is 11.6. The number of carbonyl (C=O) groups is 1. The summed E-state index contributed by atoms with van der Waals surface area (Å²) >= 11 is 4.22. The maximum absolute atomic E-state index is 11.6. The summed E-state index contributed by atoms with van der Waals surface area (Å²) in [5.41, 5.74) is 2.18. The molecule has 5 aliphatic rings. The highest BCUT2D eigenvalue weighted by atomic mass is 79.9. The fourth-order valence-corrected chi connectivity index (χ4v) is 11.5. The molecule has 4 nitrogen and oxygen atoms in total. The summed E-state index contributed by atoms with van der Waals surface area (Å²) in [5, 5.41) is 9.92. The van der Waals surface area contributed by atoms with E-state index < -0.39 is 0 Å². The number of hydrogen-bond donors (Lipinski definition) is 0. The van der Waals surface area contributed by atoms with Gasteiger partial charge in [0.1, 0.15) is 6.10 Å². The number of ether oxygens (including phenoxy) is 1. The SMILES string of the molecule is CC(=O)O[C@@H]1CC[C@@]2(C)C(=CC[C@H]3[C@H]2CC[C@]2(C)[C@@H]([C@H](C)[C@@H]4CC[C@H](C)CN4C#N)[C@@H](Br)C[C@@H]32)C1. The zero-order valence-corrected chi connectivity index (χ0v) is 24.0. The van der Waals surface area contributed by atoms with E-state index >= 15 is 0 Å². The van der Waals surface area contributed by atoms with Crippen LogP contribution >= 0.6 is 15.9 Å². The van der Waals surface area contributed by atoms with E-state index in [1.165, 1.54) is 32.1 Å². The molecule has 0 spiro atoms. The first-order chi connectivity index (χ1) is 16.6. The number of piperidine rings is 1. The number of halogens is 1. The molecule has 0 aromatic heterocycles. The molecular weight excluding hydrogens is 500 g/mol. The highest BCUT2D eigenvalue weighted by Crippen LogP contribution is 2.68. The van der Waals surface area contributed by atoms with Gasteiger partial charge in [-0.15, -0.1) is 0 Å². The third-order valence-corrected chi connectivity index (χ3v) is 12.6. The van der Waals surface area contributed by atoms with Crippen LogP contribution in [0.5, 0.6) is 0 Å². The molecule has 3 saturated carbocycles. The summed E-state index contributed by atoms with van der Waals surface area (Å²) < 4.78 is 5.63. The van der Waals surface area contributed by atoms with Gasteiger partial charge in [-0.05, 0) is 97.7 Å². The molecule has 194 valence electrons. The molecule has 5 rings (SSSR count). The number of hydrogen-bond acceptors (Lipinski definition) is 4. The molecule has 11 atom stereocenters. The molecule has 5 heteroatoms. The number of esters is 1. The topological polar surface area (TPSA) is 53.3 Å². The molecule has 4 fully saturated rings. The van der Waals surface area contributed by atoms with Gasteiger partial charge in [-0.3, -0.25) is 4.79 Å². The summed E-state index contributed by atoms with van der Waals surface area (Å²) in [5.74, 6) is 3.89.